The Morgan fingerprint density at radius 2 is 1.68 bits per heavy atom. The first-order valence-electron chi connectivity index (χ1n) is 8.46. The predicted molar refractivity (Wildman–Crippen MR) is 105 cm³/mol. The highest BCUT2D eigenvalue weighted by Crippen LogP contribution is 2.14. The Morgan fingerprint density at radius 3 is 2.32 bits per heavy atom. The molecule has 0 unspecified atom stereocenters. The molecule has 3 aromatic rings. The Labute approximate surface area is 161 Å². The summed E-state index contributed by atoms with van der Waals surface area (Å²) in [4.78, 5) is 22.3. The lowest BCUT2D eigenvalue weighted by molar-refractivity contribution is -0.384. The van der Waals surface area contributed by atoms with E-state index in [-0.39, 0.29) is 11.6 Å². The van der Waals surface area contributed by atoms with Crippen LogP contribution in [-0.2, 0) is 6.61 Å². The Balaban J connectivity index is 1.52. The second-order valence-corrected chi connectivity index (χ2v) is 5.85. The first-order chi connectivity index (χ1) is 13.6. The van der Waals surface area contributed by atoms with Gasteiger partial charge >= 0.3 is 0 Å². The Bertz CT molecular complexity index is 969. The lowest BCUT2D eigenvalue weighted by atomic mass is 10.2. The Morgan fingerprint density at radius 1 is 1.00 bits per heavy atom. The van der Waals surface area contributed by atoms with Crippen LogP contribution in [0.25, 0.3) is 0 Å². The normalized spacial score (nSPS) is 10.6. The number of nitro benzene ring substituents is 1. The maximum atomic E-state index is 12.1. The quantitative estimate of drug-likeness (QED) is 0.384. The maximum absolute atomic E-state index is 12.1. The van der Waals surface area contributed by atoms with Crippen LogP contribution in [0.2, 0.25) is 0 Å². The molecule has 0 heterocycles. The lowest BCUT2D eigenvalue weighted by Gasteiger charge is -2.07. The smallest absolute Gasteiger partial charge is 0.271 e. The summed E-state index contributed by atoms with van der Waals surface area (Å²) in [5.74, 6) is 0.294. The highest BCUT2D eigenvalue weighted by atomic mass is 16.6. The van der Waals surface area contributed by atoms with Gasteiger partial charge < -0.3 is 4.74 Å². The molecule has 0 fully saturated rings. The highest BCUT2D eigenvalue weighted by molar-refractivity contribution is 5.95. The predicted octanol–water partition coefficient (Wildman–Crippen LogP) is 3.94. The van der Waals surface area contributed by atoms with Crippen molar-refractivity contribution in [2.45, 2.75) is 6.61 Å². The van der Waals surface area contributed by atoms with Gasteiger partial charge in [-0.05, 0) is 47.5 Å². The van der Waals surface area contributed by atoms with Crippen molar-refractivity contribution in [3.63, 3.8) is 0 Å². The van der Waals surface area contributed by atoms with Crippen LogP contribution in [0.5, 0.6) is 5.75 Å². The number of carbonyl (C=O) groups is 1. The summed E-state index contributed by atoms with van der Waals surface area (Å²) in [7, 11) is 0. The van der Waals surface area contributed by atoms with Crippen molar-refractivity contribution in [1.82, 2.24) is 5.43 Å². The van der Waals surface area contributed by atoms with E-state index >= 15 is 0 Å². The van der Waals surface area contributed by atoms with Crippen molar-refractivity contribution in [3.05, 3.63) is 106 Å². The molecule has 0 saturated carbocycles. The molecule has 140 valence electrons. The molecule has 0 aliphatic carbocycles. The summed E-state index contributed by atoms with van der Waals surface area (Å²) >= 11 is 0. The van der Waals surface area contributed by atoms with Gasteiger partial charge in [0.1, 0.15) is 12.4 Å². The number of hydrogen-bond acceptors (Lipinski definition) is 5. The molecule has 0 radical (unpaired) electrons. The minimum Gasteiger partial charge on any atom is -0.489 e. The molecule has 0 aliphatic rings. The van der Waals surface area contributed by atoms with Crippen molar-refractivity contribution in [2.24, 2.45) is 5.10 Å². The Hall–Kier alpha value is -4.00. The number of rotatable bonds is 7. The van der Waals surface area contributed by atoms with E-state index in [1.165, 1.54) is 18.3 Å². The van der Waals surface area contributed by atoms with Crippen LogP contribution in [0, 0.1) is 10.1 Å². The fourth-order valence-electron chi connectivity index (χ4n) is 2.36. The third kappa shape index (κ3) is 5.25. The van der Waals surface area contributed by atoms with Gasteiger partial charge in [-0.1, -0.05) is 30.3 Å². The monoisotopic (exact) mass is 375 g/mol. The van der Waals surface area contributed by atoms with Gasteiger partial charge in [0.2, 0.25) is 0 Å². The molecule has 7 nitrogen and oxygen atoms in total. The molecule has 3 aromatic carbocycles. The first kappa shape index (κ1) is 18.8. The van der Waals surface area contributed by atoms with Crippen molar-refractivity contribution >= 4 is 17.8 Å². The summed E-state index contributed by atoms with van der Waals surface area (Å²) < 4.78 is 5.68. The molecule has 0 atom stereocenters. The van der Waals surface area contributed by atoms with Crippen molar-refractivity contribution < 1.29 is 14.5 Å². The zero-order chi connectivity index (χ0) is 19.8. The topological polar surface area (TPSA) is 93.8 Å². The molecule has 0 saturated heterocycles. The number of hydrogen-bond donors (Lipinski definition) is 1. The second-order valence-electron chi connectivity index (χ2n) is 5.85. The number of ether oxygens (including phenoxy) is 1. The van der Waals surface area contributed by atoms with Crippen LogP contribution >= 0.6 is 0 Å². The van der Waals surface area contributed by atoms with Crippen LogP contribution < -0.4 is 10.2 Å². The van der Waals surface area contributed by atoms with Crippen LogP contribution in [0.3, 0.4) is 0 Å². The van der Waals surface area contributed by atoms with Gasteiger partial charge in [-0.15, -0.1) is 0 Å². The van der Waals surface area contributed by atoms with E-state index in [4.69, 9.17) is 4.74 Å². The molecule has 3 rings (SSSR count). The van der Waals surface area contributed by atoms with Crippen molar-refractivity contribution in [3.8, 4) is 5.75 Å². The average Bonchev–Trinajstić information content (AvgIpc) is 2.73. The number of hydrazone groups is 1. The fourth-order valence-corrected chi connectivity index (χ4v) is 2.36. The zero-order valence-electron chi connectivity index (χ0n) is 14.8. The molecule has 0 bridgehead atoms. The summed E-state index contributed by atoms with van der Waals surface area (Å²) in [6.07, 6.45) is 1.42. The average molecular weight is 375 g/mol. The van der Waals surface area contributed by atoms with E-state index in [0.29, 0.717) is 23.5 Å². The highest BCUT2D eigenvalue weighted by Gasteiger charge is 2.05. The van der Waals surface area contributed by atoms with E-state index < -0.39 is 4.92 Å². The number of amides is 1. The maximum Gasteiger partial charge on any atom is 0.271 e. The van der Waals surface area contributed by atoms with Gasteiger partial charge in [-0.25, -0.2) is 5.43 Å². The first-order valence-corrected chi connectivity index (χ1v) is 8.46. The number of nitro groups is 1. The third-order valence-corrected chi connectivity index (χ3v) is 3.85. The molecule has 7 heteroatoms. The summed E-state index contributed by atoms with van der Waals surface area (Å²) in [6, 6.07) is 22.4. The zero-order valence-corrected chi connectivity index (χ0v) is 14.8. The number of nitrogens with one attached hydrogen (secondary N) is 1. The number of benzene rings is 3. The van der Waals surface area contributed by atoms with Gasteiger partial charge in [-0.3, -0.25) is 14.9 Å². The standard InChI is InChI=1S/C21H17N3O4/c25-21(23-22-14-16-6-10-19(11-7-16)24(26)27)18-8-12-20(13-9-18)28-15-17-4-2-1-3-5-17/h1-14H,15H2,(H,23,25)/b22-14-. The summed E-state index contributed by atoms with van der Waals surface area (Å²) in [6.45, 7) is 0.450. The van der Waals surface area contributed by atoms with Gasteiger partial charge in [-0.2, -0.15) is 5.10 Å². The lowest BCUT2D eigenvalue weighted by Crippen LogP contribution is -2.17. The molecule has 0 aliphatic heterocycles. The fraction of sp³-hybridized carbons (Fsp3) is 0.0476. The molecular weight excluding hydrogens is 358 g/mol. The van der Waals surface area contributed by atoms with Gasteiger partial charge in [0, 0.05) is 17.7 Å². The van der Waals surface area contributed by atoms with Gasteiger partial charge in [0.05, 0.1) is 11.1 Å². The molecule has 0 aromatic heterocycles. The molecule has 28 heavy (non-hydrogen) atoms. The van der Waals surface area contributed by atoms with E-state index in [2.05, 4.69) is 10.5 Å². The summed E-state index contributed by atoms with van der Waals surface area (Å²) in [5, 5.41) is 14.5. The van der Waals surface area contributed by atoms with Crippen LogP contribution in [0.1, 0.15) is 21.5 Å². The molecule has 0 spiro atoms. The minimum absolute atomic E-state index is 0.00393. The summed E-state index contributed by atoms with van der Waals surface area (Å²) in [5.41, 5.74) is 4.55. The number of nitrogens with zero attached hydrogens (tertiary/aromatic N) is 2. The van der Waals surface area contributed by atoms with E-state index in [1.807, 2.05) is 30.3 Å². The third-order valence-electron chi connectivity index (χ3n) is 3.85. The largest absolute Gasteiger partial charge is 0.489 e. The number of non-ortho nitro benzene ring substituents is 1. The molecular formula is C21H17N3O4. The van der Waals surface area contributed by atoms with E-state index in [0.717, 1.165) is 5.56 Å². The Kier molecular flexibility index (Phi) is 6.10. The van der Waals surface area contributed by atoms with Crippen LogP contribution in [0.4, 0.5) is 5.69 Å². The van der Waals surface area contributed by atoms with Gasteiger partial charge in [0.15, 0.2) is 0 Å². The number of carbonyl (C=O) groups excluding carboxylic acids is 1. The van der Waals surface area contributed by atoms with Crippen molar-refractivity contribution in [2.75, 3.05) is 0 Å². The second kappa shape index (κ2) is 9.09. The van der Waals surface area contributed by atoms with Crippen LogP contribution in [-0.4, -0.2) is 17.0 Å². The minimum atomic E-state index is -0.476. The molecule has 1 amide bonds. The molecule has 1 N–H and O–H groups in total. The SMILES string of the molecule is O=C(N/N=C\c1ccc([N+](=O)[O-])cc1)c1ccc(OCc2ccccc2)cc1. The van der Waals surface area contributed by atoms with Gasteiger partial charge in [0.25, 0.3) is 11.6 Å². The van der Waals surface area contributed by atoms with Crippen molar-refractivity contribution in [1.29, 1.82) is 0 Å². The van der Waals surface area contributed by atoms with E-state index in [1.54, 1.807) is 36.4 Å². The van der Waals surface area contributed by atoms with E-state index in [9.17, 15) is 14.9 Å². The van der Waals surface area contributed by atoms with Crippen LogP contribution in [0.15, 0.2) is 84.0 Å².